The number of carbonyl (C=O) groups is 1. The zero-order valence-electron chi connectivity index (χ0n) is 11.0. The van der Waals surface area contributed by atoms with Gasteiger partial charge in [-0.15, -0.1) is 0 Å². The van der Waals surface area contributed by atoms with Crippen molar-refractivity contribution in [1.82, 2.24) is 5.32 Å². The molecule has 0 fully saturated rings. The molecule has 0 saturated carbocycles. The van der Waals surface area contributed by atoms with Gasteiger partial charge in [0.1, 0.15) is 5.75 Å². The quantitative estimate of drug-likeness (QED) is 0.687. The molecule has 1 unspecified atom stereocenters. The van der Waals surface area contributed by atoms with Crippen LogP contribution in [0.2, 0.25) is 0 Å². The molecule has 1 atom stereocenters. The van der Waals surface area contributed by atoms with Crippen LogP contribution in [0.5, 0.6) is 5.75 Å². The number of anilines is 1. The van der Waals surface area contributed by atoms with Gasteiger partial charge in [-0.3, -0.25) is 4.79 Å². The summed E-state index contributed by atoms with van der Waals surface area (Å²) in [6.45, 7) is 3.55. The molecule has 0 radical (unpaired) electrons. The summed E-state index contributed by atoms with van der Waals surface area (Å²) in [4.78, 5) is 12.2. The highest BCUT2D eigenvalue weighted by Gasteiger charge is 2.25. The Kier molecular flexibility index (Phi) is 4.55. The van der Waals surface area contributed by atoms with Crippen LogP contribution < -0.4 is 15.8 Å². The molecule has 1 aromatic rings. The van der Waals surface area contributed by atoms with Crippen molar-refractivity contribution in [2.24, 2.45) is 0 Å². The van der Waals surface area contributed by atoms with E-state index in [-0.39, 0.29) is 12.5 Å². The van der Waals surface area contributed by atoms with Crippen LogP contribution >= 0.6 is 0 Å². The zero-order valence-corrected chi connectivity index (χ0v) is 11.0. The summed E-state index contributed by atoms with van der Waals surface area (Å²) in [5.41, 5.74) is 5.87. The minimum Gasteiger partial charge on any atom is -0.496 e. The Morgan fingerprint density at radius 2 is 2.22 bits per heavy atom. The van der Waals surface area contributed by atoms with E-state index in [4.69, 9.17) is 10.5 Å². The average molecular weight is 252 g/mol. The topological polar surface area (TPSA) is 84.6 Å². The van der Waals surface area contributed by atoms with Gasteiger partial charge in [0.25, 0.3) is 5.91 Å². The smallest absolute Gasteiger partial charge is 0.255 e. The summed E-state index contributed by atoms with van der Waals surface area (Å²) in [6.07, 6.45) is 0.625. The maximum absolute atomic E-state index is 12.2. The minimum atomic E-state index is -0.646. The van der Waals surface area contributed by atoms with Crippen LogP contribution in [-0.4, -0.2) is 30.3 Å². The molecule has 4 N–H and O–H groups in total. The second-order valence-electron chi connectivity index (χ2n) is 4.49. The summed E-state index contributed by atoms with van der Waals surface area (Å²) in [5, 5.41) is 12.1. The van der Waals surface area contributed by atoms with E-state index in [0.717, 1.165) is 0 Å². The number of methoxy groups -OCH3 is 1. The van der Waals surface area contributed by atoms with E-state index in [1.54, 1.807) is 25.1 Å². The predicted molar refractivity (Wildman–Crippen MR) is 70.7 cm³/mol. The second kappa shape index (κ2) is 5.73. The Balaban J connectivity index is 3.00. The SMILES string of the molecule is CCC(C)(CO)NC(=O)c1cc(N)ccc1OC. The van der Waals surface area contributed by atoms with Crippen molar-refractivity contribution in [2.75, 3.05) is 19.5 Å². The highest BCUT2D eigenvalue weighted by atomic mass is 16.5. The fraction of sp³-hybridized carbons (Fsp3) is 0.462. The van der Waals surface area contributed by atoms with E-state index >= 15 is 0 Å². The van der Waals surface area contributed by atoms with Crippen molar-refractivity contribution in [3.05, 3.63) is 23.8 Å². The summed E-state index contributed by atoms with van der Waals surface area (Å²) in [6, 6.07) is 4.87. The first kappa shape index (κ1) is 14.3. The van der Waals surface area contributed by atoms with Crippen LogP contribution in [-0.2, 0) is 0 Å². The molecule has 100 valence electrons. The molecule has 1 amide bonds. The monoisotopic (exact) mass is 252 g/mol. The molecule has 0 heterocycles. The van der Waals surface area contributed by atoms with Gasteiger partial charge in [0.2, 0.25) is 0 Å². The van der Waals surface area contributed by atoms with Gasteiger partial charge in [-0.05, 0) is 31.5 Å². The third kappa shape index (κ3) is 3.13. The number of hydrogen-bond donors (Lipinski definition) is 3. The molecule has 0 aliphatic rings. The van der Waals surface area contributed by atoms with Gasteiger partial charge in [0.05, 0.1) is 24.8 Å². The molecule has 0 bridgehead atoms. The standard InChI is InChI=1S/C13H20N2O3/c1-4-13(2,8-16)15-12(17)10-7-9(14)5-6-11(10)18-3/h5-7,16H,4,8,14H2,1-3H3,(H,15,17). The Hall–Kier alpha value is -1.75. The van der Waals surface area contributed by atoms with Gasteiger partial charge in [-0.25, -0.2) is 0 Å². The van der Waals surface area contributed by atoms with E-state index in [2.05, 4.69) is 5.32 Å². The third-order valence-corrected chi connectivity index (χ3v) is 3.01. The molecule has 0 saturated heterocycles. The third-order valence-electron chi connectivity index (χ3n) is 3.01. The Morgan fingerprint density at radius 1 is 1.56 bits per heavy atom. The Bertz CT molecular complexity index is 428. The van der Waals surface area contributed by atoms with Gasteiger partial charge in [0, 0.05) is 5.69 Å². The van der Waals surface area contributed by atoms with E-state index in [1.165, 1.54) is 7.11 Å². The number of rotatable bonds is 5. The van der Waals surface area contributed by atoms with Crippen molar-refractivity contribution < 1.29 is 14.6 Å². The second-order valence-corrected chi connectivity index (χ2v) is 4.49. The number of benzene rings is 1. The molecule has 0 aliphatic heterocycles. The Labute approximate surface area is 107 Å². The van der Waals surface area contributed by atoms with E-state index < -0.39 is 5.54 Å². The van der Waals surface area contributed by atoms with Crippen molar-refractivity contribution in [3.63, 3.8) is 0 Å². The number of amides is 1. The molecule has 5 nitrogen and oxygen atoms in total. The van der Waals surface area contributed by atoms with Crippen LogP contribution in [0.15, 0.2) is 18.2 Å². The summed E-state index contributed by atoms with van der Waals surface area (Å²) in [7, 11) is 1.49. The fourth-order valence-corrected chi connectivity index (χ4v) is 1.48. The highest BCUT2D eigenvalue weighted by molar-refractivity contribution is 5.98. The van der Waals surface area contributed by atoms with E-state index in [0.29, 0.717) is 23.4 Å². The lowest BCUT2D eigenvalue weighted by molar-refractivity contribution is 0.0844. The summed E-state index contributed by atoms with van der Waals surface area (Å²) in [5.74, 6) is 0.149. The van der Waals surface area contributed by atoms with Crippen molar-refractivity contribution in [2.45, 2.75) is 25.8 Å². The van der Waals surface area contributed by atoms with Crippen LogP contribution in [0.4, 0.5) is 5.69 Å². The lowest BCUT2D eigenvalue weighted by Crippen LogP contribution is -2.48. The van der Waals surface area contributed by atoms with E-state index in [9.17, 15) is 9.90 Å². The molecule has 5 heteroatoms. The molecule has 18 heavy (non-hydrogen) atoms. The van der Waals surface area contributed by atoms with E-state index in [1.807, 2.05) is 6.92 Å². The van der Waals surface area contributed by atoms with Crippen LogP contribution in [0.1, 0.15) is 30.6 Å². The molecule has 0 aromatic heterocycles. The number of aliphatic hydroxyl groups excluding tert-OH is 1. The lowest BCUT2D eigenvalue weighted by Gasteiger charge is -2.27. The van der Waals surface area contributed by atoms with Crippen LogP contribution in [0, 0.1) is 0 Å². The largest absolute Gasteiger partial charge is 0.496 e. The van der Waals surface area contributed by atoms with Crippen LogP contribution in [0.3, 0.4) is 0 Å². The number of nitrogens with one attached hydrogen (secondary N) is 1. The normalized spacial score (nSPS) is 13.8. The summed E-state index contributed by atoms with van der Waals surface area (Å²) >= 11 is 0. The number of nitrogen functional groups attached to an aromatic ring is 1. The molecule has 1 rings (SSSR count). The maximum Gasteiger partial charge on any atom is 0.255 e. The first-order valence-corrected chi connectivity index (χ1v) is 5.82. The van der Waals surface area contributed by atoms with Gasteiger partial charge >= 0.3 is 0 Å². The number of hydrogen-bond acceptors (Lipinski definition) is 4. The number of aliphatic hydroxyl groups is 1. The first-order valence-electron chi connectivity index (χ1n) is 5.82. The van der Waals surface area contributed by atoms with Crippen molar-refractivity contribution in [3.8, 4) is 5.75 Å². The number of nitrogens with two attached hydrogens (primary N) is 1. The molecule has 1 aromatic carbocycles. The first-order chi connectivity index (χ1) is 8.45. The van der Waals surface area contributed by atoms with Gasteiger partial charge in [0.15, 0.2) is 0 Å². The molecular weight excluding hydrogens is 232 g/mol. The molecule has 0 spiro atoms. The molecule has 0 aliphatic carbocycles. The van der Waals surface area contributed by atoms with Crippen molar-refractivity contribution in [1.29, 1.82) is 0 Å². The fourth-order valence-electron chi connectivity index (χ4n) is 1.48. The minimum absolute atomic E-state index is 0.125. The van der Waals surface area contributed by atoms with Gasteiger partial charge in [-0.2, -0.15) is 0 Å². The predicted octanol–water partition coefficient (Wildman–Crippen LogP) is 1.17. The number of ether oxygens (including phenoxy) is 1. The zero-order chi connectivity index (χ0) is 13.8. The number of carbonyl (C=O) groups excluding carboxylic acids is 1. The van der Waals surface area contributed by atoms with Gasteiger partial charge < -0.3 is 20.9 Å². The van der Waals surface area contributed by atoms with Crippen LogP contribution in [0.25, 0.3) is 0 Å². The highest BCUT2D eigenvalue weighted by Crippen LogP contribution is 2.22. The summed E-state index contributed by atoms with van der Waals surface area (Å²) < 4.78 is 5.12. The lowest BCUT2D eigenvalue weighted by atomic mass is 9.99. The maximum atomic E-state index is 12.2. The Morgan fingerprint density at radius 3 is 2.72 bits per heavy atom. The van der Waals surface area contributed by atoms with Gasteiger partial charge in [-0.1, -0.05) is 6.92 Å². The molecular formula is C13H20N2O3. The average Bonchev–Trinajstić information content (AvgIpc) is 2.38. The van der Waals surface area contributed by atoms with Crippen molar-refractivity contribution >= 4 is 11.6 Å².